The Hall–Kier alpha value is -2.03. The Bertz CT molecular complexity index is 790. The number of rotatable bonds is 4. The van der Waals surface area contributed by atoms with E-state index in [9.17, 15) is 5.11 Å². The average Bonchev–Trinajstić information content (AvgIpc) is 2.58. The van der Waals surface area contributed by atoms with Crippen molar-refractivity contribution >= 4 is 23.3 Å². The molecule has 1 N–H and O–H groups in total. The van der Waals surface area contributed by atoms with Gasteiger partial charge in [0.25, 0.3) is 0 Å². The molecule has 0 spiro atoms. The standard InChI is InChI=1S/C22H24ClNO/c1-24(2)15-19-9-6-17(12-16-7-10-20(23)11-8-16)13-22(19)18-4-3-5-21(25)14-18/h3-5,7-8,10-14,19,25H,6,9,15H2,1-2H3. The summed E-state index contributed by atoms with van der Waals surface area (Å²) in [6.07, 6.45) is 6.69. The number of hydrogen-bond acceptors (Lipinski definition) is 2. The zero-order valence-corrected chi connectivity index (χ0v) is 15.5. The smallest absolute Gasteiger partial charge is 0.116 e. The summed E-state index contributed by atoms with van der Waals surface area (Å²) in [4.78, 5) is 2.23. The molecule has 2 nitrogen and oxygen atoms in total. The summed E-state index contributed by atoms with van der Waals surface area (Å²) in [6, 6.07) is 15.5. The number of aromatic hydroxyl groups is 1. The molecule has 2 aromatic rings. The molecular weight excluding hydrogens is 330 g/mol. The summed E-state index contributed by atoms with van der Waals surface area (Å²) >= 11 is 5.98. The fourth-order valence-electron chi connectivity index (χ4n) is 3.41. The first-order valence-corrected chi connectivity index (χ1v) is 9.01. The molecule has 1 unspecified atom stereocenters. The van der Waals surface area contributed by atoms with Gasteiger partial charge < -0.3 is 10.0 Å². The summed E-state index contributed by atoms with van der Waals surface area (Å²) in [5.41, 5.74) is 4.89. The van der Waals surface area contributed by atoms with E-state index >= 15 is 0 Å². The van der Waals surface area contributed by atoms with Crippen LogP contribution in [-0.4, -0.2) is 30.6 Å². The molecule has 0 saturated carbocycles. The van der Waals surface area contributed by atoms with Crippen molar-refractivity contribution in [2.75, 3.05) is 20.6 Å². The Morgan fingerprint density at radius 2 is 1.92 bits per heavy atom. The Labute approximate surface area is 155 Å². The summed E-state index contributed by atoms with van der Waals surface area (Å²) in [5.74, 6) is 0.787. The molecule has 0 aromatic heterocycles. The van der Waals surface area contributed by atoms with Crippen molar-refractivity contribution in [3.8, 4) is 5.75 Å². The van der Waals surface area contributed by atoms with Gasteiger partial charge in [0.15, 0.2) is 0 Å². The van der Waals surface area contributed by atoms with E-state index in [1.54, 1.807) is 6.07 Å². The van der Waals surface area contributed by atoms with E-state index in [4.69, 9.17) is 11.6 Å². The molecule has 3 heteroatoms. The van der Waals surface area contributed by atoms with Gasteiger partial charge in [-0.25, -0.2) is 0 Å². The topological polar surface area (TPSA) is 23.5 Å². The van der Waals surface area contributed by atoms with Gasteiger partial charge in [-0.1, -0.05) is 48.0 Å². The monoisotopic (exact) mass is 353 g/mol. The summed E-state index contributed by atoms with van der Waals surface area (Å²) in [5, 5.41) is 10.6. The van der Waals surface area contributed by atoms with Crippen molar-refractivity contribution < 1.29 is 5.11 Å². The molecule has 1 atom stereocenters. The third kappa shape index (κ3) is 4.75. The predicted molar refractivity (Wildman–Crippen MR) is 107 cm³/mol. The van der Waals surface area contributed by atoms with Gasteiger partial charge >= 0.3 is 0 Å². The van der Waals surface area contributed by atoms with Gasteiger partial charge in [0, 0.05) is 11.6 Å². The van der Waals surface area contributed by atoms with Gasteiger partial charge in [0.2, 0.25) is 0 Å². The third-order valence-corrected chi connectivity index (χ3v) is 4.80. The summed E-state index contributed by atoms with van der Waals surface area (Å²) < 4.78 is 0. The first-order chi connectivity index (χ1) is 12.0. The van der Waals surface area contributed by atoms with E-state index in [0.717, 1.165) is 35.5 Å². The summed E-state index contributed by atoms with van der Waals surface area (Å²) in [6.45, 7) is 1.01. The van der Waals surface area contributed by atoms with Crippen LogP contribution in [0.4, 0.5) is 0 Å². The van der Waals surface area contributed by atoms with Crippen molar-refractivity contribution in [3.05, 3.63) is 76.3 Å². The van der Waals surface area contributed by atoms with Gasteiger partial charge in [0.1, 0.15) is 5.75 Å². The highest BCUT2D eigenvalue weighted by atomic mass is 35.5. The molecular formula is C22H24ClNO. The van der Waals surface area contributed by atoms with Crippen LogP contribution in [0, 0.1) is 5.92 Å². The van der Waals surface area contributed by atoms with Crippen LogP contribution in [0.3, 0.4) is 0 Å². The van der Waals surface area contributed by atoms with Crippen LogP contribution < -0.4 is 0 Å². The number of nitrogens with zero attached hydrogens (tertiary/aromatic N) is 1. The lowest BCUT2D eigenvalue weighted by atomic mass is 9.81. The first kappa shape index (κ1) is 17.8. The first-order valence-electron chi connectivity index (χ1n) is 8.63. The van der Waals surface area contributed by atoms with Crippen LogP contribution in [0.15, 0.2) is 60.2 Å². The van der Waals surface area contributed by atoms with E-state index in [1.807, 2.05) is 36.4 Å². The number of phenolic OH excluding ortho intramolecular Hbond substituents is 1. The van der Waals surface area contributed by atoms with E-state index in [-0.39, 0.29) is 0 Å². The second kappa shape index (κ2) is 7.90. The minimum atomic E-state index is 0.316. The third-order valence-electron chi connectivity index (χ3n) is 4.55. The largest absolute Gasteiger partial charge is 0.508 e. The molecule has 2 aromatic carbocycles. The van der Waals surface area contributed by atoms with Gasteiger partial charge in [-0.2, -0.15) is 0 Å². The van der Waals surface area contributed by atoms with Crippen LogP contribution in [0.25, 0.3) is 11.6 Å². The predicted octanol–water partition coefficient (Wildman–Crippen LogP) is 5.48. The molecule has 1 aliphatic carbocycles. The molecule has 0 fully saturated rings. The average molecular weight is 354 g/mol. The Morgan fingerprint density at radius 1 is 1.16 bits per heavy atom. The lowest BCUT2D eigenvalue weighted by molar-refractivity contribution is 0.352. The lowest BCUT2D eigenvalue weighted by Gasteiger charge is -2.28. The quantitative estimate of drug-likeness (QED) is 0.786. The molecule has 0 saturated heterocycles. The van der Waals surface area contributed by atoms with Gasteiger partial charge in [-0.15, -0.1) is 0 Å². The van der Waals surface area contributed by atoms with Crippen molar-refractivity contribution in [2.24, 2.45) is 5.92 Å². The molecule has 130 valence electrons. The highest BCUT2D eigenvalue weighted by Crippen LogP contribution is 2.36. The van der Waals surface area contributed by atoms with Crippen LogP contribution in [0.5, 0.6) is 5.75 Å². The van der Waals surface area contributed by atoms with Gasteiger partial charge in [-0.05, 0) is 79.4 Å². The molecule has 3 rings (SSSR count). The highest BCUT2D eigenvalue weighted by molar-refractivity contribution is 6.30. The fraction of sp³-hybridized carbons (Fsp3) is 0.273. The molecule has 0 amide bonds. The second-order valence-corrected chi connectivity index (χ2v) is 7.36. The number of hydrogen-bond donors (Lipinski definition) is 1. The second-order valence-electron chi connectivity index (χ2n) is 6.92. The maximum Gasteiger partial charge on any atom is 0.116 e. The maximum absolute atomic E-state index is 9.87. The number of allylic oxidation sites excluding steroid dienone is 2. The van der Waals surface area contributed by atoms with Crippen molar-refractivity contribution in [3.63, 3.8) is 0 Å². The van der Waals surface area contributed by atoms with Crippen molar-refractivity contribution in [1.82, 2.24) is 4.90 Å². The molecule has 0 bridgehead atoms. The number of phenols is 1. The zero-order valence-electron chi connectivity index (χ0n) is 14.7. The molecule has 0 aliphatic heterocycles. The minimum absolute atomic E-state index is 0.316. The van der Waals surface area contributed by atoms with E-state index in [1.165, 1.54) is 11.1 Å². The van der Waals surface area contributed by atoms with E-state index in [0.29, 0.717) is 11.7 Å². The van der Waals surface area contributed by atoms with Crippen LogP contribution >= 0.6 is 11.6 Å². The number of benzene rings is 2. The maximum atomic E-state index is 9.87. The van der Waals surface area contributed by atoms with E-state index in [2.05, 4.69) is 37.2 Å². The minimum Gasteiger partial charge on any atom is -0.508 e. The SMILES string of the molecule is CN(C)CC1CCC(=Cc2ccc(Cl)cc2)C=C1c1cccc(O)c1. The van der Waals surface area contributed by atoms with Crippen LogP contribution in [0.1, 0.15) is 24.0 Å². The number of halogens is 1. The van der Waals surface area contributed by atoms with Crippen LogP contribution in [-0.2, 0) is 0 Å². The normalized spacial score (nSPS) is 19.3. The van der Waals surface area contributed by atoms with Crippen LogP contribution in [0.2, 0.25) is 5.02 Å². The highest BCUT2D eigenvalue weighted by Gasteiger charge is 2.22. The zero-order chi connectivity index (χ0) is 17.8. The molecule has 25 heavy (non-hydrogen) atoms. The Morgan fingerprint density at radius 3 is 2.60 bits per heavy atom. The van der Waals surface area contributed by atoms with Gasteiger partial charge in [-0.3, -0.25) is 0 Å². The Kier molecular flexibility index (Phi) is 5.62. The Balaban J connectivity index is 1.97. The van der Waals surface area contributed by atoms with Crippen molar-refractivity contribution in [2.45, 2.75) is 12.8 Å². The lowest BCUT2D eigenvalue weighted by Crippen LogP contribution is -2.24. The molecule has 0 heterocycles. The molecule has 0 radical (unpaired) electrons. The van der Waals surface area contributed by atoms with E-state index < -0.39 is 0 Å². The van der Waals surface area contributed by atoms with Gasteiger partial charge in [0.05, 0.1) is 0 Å². The molecule has 1 aliphatic rings. The fourth-order valence-corrected chi connectivity index (χ4v) is 3.53. The summed E-state index contributed by atoms with van der Waals surface area (Å²) in [7, 11) is 4.22. The van der Waals surface area contributed by atoms with Crippen molar-refractivity contribution in [1.29, 1.82) is 0 Å².